The first-order valence-electron chi connectivity index (χ1n) is 5.94. The van der Waals surface area contributed by atoms with E-state index in [0.29, 0.717) is 11.3 Å². The van der Waals surface area contributed by atoms with Crippen LogP contribution in [0.2, 0.25) is 0 Å². The Morgan fingerprint density at radius 1 is 1.33 bits per heavy atom. The molecule has 0 saturated carbocycles. The lowest BCUT2D eigenvalue weighted by atomic mass is 10.0. The summed E-state index contributed by atoms with van der Waals surface area (Å²) in [5, 5.41) is 0. The third-order valence-electron chi connectivity index (χ3n) is 3.27. The fourth-order valence-corrected chi connectivity index (χ4v) is 3.96. The number of nitrogens with one attached hydrogen (secondary N) is 1. The Labute approximate surface area is 106 Å². The molecule has 0 radical (unpaired) electrons. The molecule has 1 aliphatic heterocycles. The number of aryl methyl sites for hydroxylation is 2. The van der Waals surface area contributed by atoms with E-state index in [1.807, 2.05) is 19.1 Å². The van der Waals surface area contributed by atoms with Crippen LogP contribution in [-0.2, 0) is 16.3 Å². The van der Waals surface area contributed by atoms with Crippen LogP contribution in [0.15, 0.2) is 29.3 Å². The zero-order chi connectivity index (χ0) is 12.8. The second-order valence-corrected chi connectivity index (χ2v) is 6.70. The molecule has 3 rings (SSSR count). The van der Waals surface area contributed by atoms with Crippen LogP contribution < -0.4 is 0 Å². The lowest BCUT2D eigenvalue weighted by Gasteiger charge is -2.16. The largest absolute Gasteiger partial charge is 0.342 e. The average Bonchev–Trinajstić information content (AvgIpc) is 2.75. The number of hydrogen-bond donors (Lipinski definition) is 1. The van der Waals surface area contributed by atoms with Gasteiger partial charge in [-0.05, 0) is 43.0 Å². The van der Waals surface area contributed by atoms with Gasteiger partial charge in [0, 0.05) is 0 Å². The van der Waals surface area contributed by atoms with E-state index in [1.54, 1.807) is 12.3 Å². The molecule has 0 atom stereocenters. The minimum Gasteiger partial charge on any atom is -0.342 e. The smallest absolute Gasteiger partial charge is 0.178 e. The molecule has 1 aromatic carbocycles. The van der Waals surface area contributed by atoms with E-state index in [9.17, 15) is 8.42 Å². The minimum absolute atomic E-state index is 0.266. The van der Waals surface area contributed by atoms with Crippen LogP contribution in [-0.4, -0.2) is 24.1 Å². The van der Waals surface area contributed by atoms with Crippen molar-refractivity contribution in [3.8, 4) is 11.3 Å². The van der Waals surface area contributed by atoms with Crippen LogP contribution in [0.5, 0.6) is 0 Å². The number of imidazole rings is 1. The Morgan fingerprint density at radius 2 is 2.17 bits per heavy atom. The number of fused-ring (bicyclic) bond motifs is 1. The average molecular weight is 262 g/mol. The predicted octanol–water partition coefficient (Wildman–Crippen LogP) is 2.11. The van der Waals surface area contributed by atoms with E-state index >= 15 is 0 Å². The zero-order valence-corrected chi connectivity index (χ0v) is 10.9. The summed E-state index contributed by atoms with van der Waals surface area (Å²) in [6.07, 6.45) is 3.31. The molecule has 0 bridgehead atoms. The van der Waals surface area contributed by atoms with Crippen LogP contribution in [0.25, 0.3) is 11.3 Å². The first-order chi connectivity index (χ1) is 8.56. The van der Waals surface area contributed by atoms with Crippen molar-refractivity contribution in [2.24, 2.45) is 0 Å². The van der Waals surface area contributed by atoms with Crippen molar-refractivity contribution in [3.63, 3.8) is 0 Å². The van der Waals surface area contributed by atoms with Crippen LogP contribution in [0.3, 0.4) is 0 Å². The van der Waals surface area contributed by atoms with Crippen molar-refractivity contribution in [1.82, 2.24) is 9.97 Å². The fraction of sp³-hybridized carbons (Fsp3) is 0.308. The lowest BCUT2D eigenvalue weighted by Crippen LogP contribution is -2.15. The normalized spacial score (nSPS) is 17.4. The number of aromatic amines is 1. The highest BCUT2D eigenvalue weighted by Gasteiger charge is 2.23. The molecule has 0 amide bonds. The maximum Gasteiger partial charge on any atom is 0.178 e. The number of H-pyrrole nitrogens is 1. The topological polar surface area (TPSA) is 62.8 Å². The molecule has 1 aromatic heterocycles. The van der Waals surface area contributed by atoms with E-state index in [-0.39, 0.29) is 5.75 Å². The molecule has 4 nitrogen and oxygen atoms in total. The number of nitrogens with zero attached hydrogens (tertiary/aromatic N) is 1. The molecular formula is C13H14N2O2S. The van der Waals surface area contributed by atoms with Crippen LogP contribution >= 0.6 is 0 Å². The Kier molecular flexibility index (Phi) is 2.52. The molecule has 1 N–H and O–H groups in total. The van der Waals surface area contributed by atoms with E-state index in [1.165, 1.54) is 0 Å². The van der Waals surface area contributed by atoms with Crippen molar-refractivity contribution >= 4 is 9.84 Å². The number of aromatic nitrogens is 2. The quantitative estimate of drug-likeness (QED) is 0.856. The molecule has 0 aliphatic carbocycles. The second kappa shape index (κ2) is 3.95. The molecule has 0 fully saturated rings. The highest BCUT2D eigenvalue weighted by atomic mass is 32.2. The molecule has 2 aromatic rings. The summed E-state index contributed by atoms with van der Waals surface area (Å²) in [4.78, 5) is 7.81. The van der Waals surface area contributed by atoms with Gasteiger partial charge >= 0.3 is 0 Å². The Bertz CT molecular complexity index is 702. The highest BCUT2D eigenvalue weighted by molar-refractivity contribution is 7.91. The molecular weight excluding hydrogens is 248 g/mol. The summed E-state index contributed by atoms with van der Waals surface area (Å²) in [6, 6.07) is 5.52. The van der Waals surface area contributed by atoms with E-state index < -0.39 is 9.84 Å². The maximum atomic E-state index is 11.9. The minimum atomic E-state index is -3.06. The third kappa shape index (κ3) is 1.84. The van der Waals surface area contributed by atoms with Gasteiger partial charge in [-0.2, -0.15) is 0 Å². The van der Waals surface area contributed by atoms with Crippen LogP contribution in [0.1, 0.15) is 17.8 Å². The summed E-state index contributed by atoms with van der Waals surface area (Å²) in [7, 11) is -3.06. The Hall–Kier alpha value is -1.62. The number of hydrogen-bond acceptors (Lipinski definition) is 3. The van der Waals surface area contributed by atoms with Gasteiger partial charge in [0.2, 0.25) is 0 Å². The molecule has 94 valence electrons. The molecule has 0 spiro atoms. The van der Waals surface area contributed by atoms with Crippen molar-refractivity contribution in [2.75, 3.05) is 5.75 Å². The standard InChI is InChI=1S/C13H14N2O2S/c1-9-14-8-12(15-9)10-4-5-13-11(7-10)3-2-6-18(13,16)17/h4-5,7-8H,2-3,6H2,1H3,(H,14,15). The van der Waals surface area contributed by atoms with Gasteiger partial charge in [0.05, 0.1) is 22.5 Å². The maximum absolute atomic E-state index is 11.9. The molecule has 0 unspecified atom stereocenters. The van der Waals surface area contributed by atoms with E-state index in [4.69, 9.17) is 0 Å². The number of benzene rings is 1. The predicted molar refractivity (Wildman–Crippen MR) is 69.1 cm³/mol. The molecule has 2 heterocycles. The molecule has 5 heteroatoms. The van der Waals surface area contributed by atoms with Gasteiger partial charge in [-0.15, -0.1) is 0 Å². The lowest BCUT2D eigenvalue weighted by molar-refractivity contribution is 0.586. The van der Waals surface area contributed by atoms with Gasteiger partial charge in [0.25, 0.3) is 0 Å². The fourth-order valence-electron chi connectivity index (χ4n) is 2.38. The first-order valence-corrected chi connectivity index (χ1v) is 7.59. The second-order valence-electron chi connectivity index (χ2n) is 4.63. The summed E-state index contributed by atoms with van der Waals surface area (Å²) in [5.41, 5.74) is 2.84. The third-order valence-corrected chi connectivity index (χ3v) is 5.16. The van der Waals surface area contributed by atoms with Crippen LogP contribution in [0, 0.1) is 6.92 Å². The highest BCUT2D eigenvalue weighted by Crippen LogP contribution is 2.29. The van der Waals surface area contributed by atoms with E-state index in [0.717, 1.165) is 29.1 Å². The van der Waals surface area contributed by atoms with Gasteiger partial charge in [0.15, 0.2) is 9.84 Å². The first kappa shape index (κ1) is 11.5. The van der Waals surface area contributed by atoms with Gasteiger partial charge in [-0.25, -0.2) is 13.4 Å². The van der Waals surface area contributed by atoms with Crippen LogP contribution in [0.4, 0.5) is 0 Å². The Morgan fingerprint density at radius 3 is 2.89 bits per heavy atom. The summed E-state index contributed by atoms with van der Waals surface area (Å²) in [5.74, 6) is 1.12. The Balaban J connectivity index is 2.12. The van der Waals surface area contributed by atoms with Gasteiger partial charge in [-0.1, -0.05) is 6.07 Å². The monoisotopic (exact) mass is 262 g/mol. The number of rotatable bonds is 1. The molecule has 18 heavy (non-hydrogen) atoms. The molecule has 0 saturated heterocycles. The van der Waals surface area contributed by atoms with Crippen molar-refractivity contribution in [1.29, 1.82) is 0 Å². The van der Waals surface area contributed by atoms with Crippen molar-refractivity contribution < 1.29 is 8.42 Å². The number of sulfone groups is 1. The van der Waals surface area contributed by atoms with Gasteiger partial charge < -0.3 is 4.98 Å². The van der Waals surface area contributed by atoms with E-state index in [2.05, 4.69) is 9.97 Å². The summed E-state index contributed by atoms with van der Waals surface area (Å²) in [6.45, 7) is 1.90. The summed E-state index contributed by atoms with van der Waals surface area (Å²) < 4.78 is 23.8. The van der Waals surface area contributed by atoms with Gasteiger partial charge in [0.1, 0.15) is 5.82 Å². The summed E-state index contributed by atoms with van der Waals surface area (Å²) >= 11 is 0. The SMILES string of the molecule is Cc1ncc(-c2ccc3c(c2)CCCS3(=O)=O)[nH]1. The van der Waals surface area contributed by atoms with Crippen molar-refractivity contribution in [3.05, 3.63) is 35.8 Å². The molecule has 1 aliphatic rings. The van der Waals surface area contributed by atoms with Crippen molar-refractivity contribution in [2.45, 2.75) is 24.7 Å². The van der Waals surface area contributed by atoms with Gasteiger partial charge in [-0.3, -0.25) is 0 Å². The zero-order valence-electron chi connectivity index (χ0n) is 10.1.